The third-order valence-electron chi connectivity index (χ3n) is 3.30. The van der Waals surface area contributed by atoms with Crippen molar-refractivity contribution in [2.45, 2.75) is 26.3 Å². The Morgan fingerprint density at radius 1 is 1.25 bits per heavy atom. The largest absolute Gasteiger partial charge is 0.346 e. The Bertz CT molecular complexity index is 586. The first-order valence-electron chi connectivity index (χ1n) is 6.55. The molecule has 0 aliphatic carbocycles. The highest BCUT2D eigenvalue weighted by molar-refractivity contribution is 6.12. The zero-order chi connectivity index (χ0) is 14.8. The van der Waals surface area contributed by atoms with Gasteiger partial charge in [0.25, 0.3) is 5.91 Å². The van der Waals surface area contributed by atoms with E-state index in [9.17, 15) is 9.59 Å². The minimum Gasteiger partial charge on any atom is -0.346 e. The Balaban J connectivity index is 2.12. The minimum absolute atomic E-state index is 0.323. The maximum Gasteiger partial charge on any atom is 0.262 e. The quantitative estimate of drug-likeness (QED) is 0.856. The number of hydrogen-bond donors (Lipinski definition) is 1. The third-order valence-corrected chi connectivity index (χ3v) is 3.30. The summed E-state index contributed by atoms with van der Waals surface area (Å²) in [6.07, 6.45) is 3.29. The van der Waals surface area contributed by atoms with Crippen LogP contribution >= 0.6 is 0 Å². The van der Waals surface area contributed by atoms with E-state index < -0.39 is 17.4 Å². The number of amides is 2. The van der Waals surface area contributed by atoms with Crippen molar-refractivity contribution in [3.05, 3.63) is 48.0 Å². The summed E-state index contributed by atoms with van der Waals surface area (Å²) in [6, 6.07) is 9.65. The molecule has 2 amide bonds. The van der Waals surface area contributed by atoms with Gasteiger partial charge in [-0.25, -0.2) is 4.99 Å². The summed E-state index contributed by atoms with van der Waals surface area (Å²) in [6.45, 7) is 5.55. The predicted octanol–water partition coefficient (Wildman–Crippen LogP) is 2.21. The van der Waals surface area contributed by atoms with Crippen molar-refractivity contribution in [3.63, 3.8) is 0 Å². The molecule has 20 heavy (non-hydrogen) atoms. The monoisotopic (exact) mass is 270 g/mol. The van der Waals surface area contributed by atoms with Crippen molar-refractivity contribution >= 4 is 17.5 Å². The van der Waals surface area contributed by atoms with Crippen molar-refractivity contribution in [3.8, 4) is 0 Å². The molecule has 0 radical (unpaired) electrons. The molecule has 0 saturated carbocycles. The van der Waals surface area contributed by atoms with Crippen LogP contribution in [0.5, 0.6) is 0 Å². The second-order valence-electron chi connectivity index (χ2n) is 5.41. The second-order valence-corrected chi connectivity index (χ2v) is 5.41. The van der Waals surface area contributed by atoms with E-state index >= 15 is 0 Å². The molecule has 1 unspecified atom stereocenters. The number of allylic oxidation sites excluding steroid dienone is 1. The summed E-state index contributed by atoms with van der Waals surface area (Å²) in [7, 11) is 0. The molecule has 104 valence electrons. The number of carbonyl (C=O) groups excluding carboxylic acids is 2. The van der Waals surface area contributed by atoms with Crippen molar-refractivity contribution in [2.75, 3.05) is 0 Å². The standard InChI is InChI=1S/C16H18N2O2/c1-11-9-10-13(14(19)17-11)15(20)18-16(2,3)12-7-5-4-6-8-12/h4-10,13H,1-3H3,(H,18,20). The normalized spacial score (nSPS) is 18.6. The second kappa shape index (κ2) is 5.41. The molecule has 0 aromatic heterocycles. The van der Waals surface area contributed by atoms with Crippen LogP contribution in [0.2, 0.25) is 0 Å². The molecule has 0 bridgehead atoms. The third kappa shape index (κ3) is 3.02. The lowest BCUT2D eigenvalue weighted by atomic mass is 9.93. The van der Waals surface area contributed by atoms with Crippen LogP contribution in [0.3, 0.4) is 0 Å². The van der Waals surface area contributed by atoms with Crippen LogP contribution in [0.4, 0.5) is 0 Å². The molecule has 1 aromatic carbocycles. The van der Waals surface area contributed by atoms with E-state index in [0.717, 1.165) is 5.56 Å². The van der Waals surface area contributed by atoms with Gasteiger partial charge < -0.3 is 5.32 Å². The number of hydrogen-bond acceptors (Lipinski definition) is 2. The average Bonchev–Trinajstić information content (AvgIpc) is 2.39. The summed E-state index contributed by atoms with van der Waals surface area (Å²) in [4.78, 5) is 27.8. The molecule has 4 heteroatoms. The molecule has 0 spiro atoms. The highest BCUT2D eigenvalue weighted by atomic mass is 16.2. The van der Waals surface area contributed by atoms with Gasteiger partial charge in [-0.05, 0) is 32.4 Å². The highest BCUT2D eigenvalue weighted by Crippen LogP contribution is 2.21. The van der Waals surface area contributed by atoms with Crippen LogP contribution < -0.4 is 5.32 Å². The van der Waals surface area contributed by atoms with Crippen molar-refractivity contribution in [1.82, 2.24) is 5.32 Å². The first kappa shape index (κ1) is 14.2. The van der Waals surface area contributed by atoms with E-state index in [-0.39, 0.29) is 5.91 Å². The first-order valence-corrected chi connectivity index (χ1v) is 6.55. The van der Waals surface area contributed by atoms with Crippen LogP contribution in [0.1, 0.15) is 26.3 Å². The highest BCUT2D eigenvalue weighted by Gasteiger charge is 2.31. The van der Waals surface area contributed by atoms with E-state index in [4.69, 9.17) is 0 Å². The molecule has 1 aliphatic heterocycles. The van der Waals surface area contributed by atoms with Crippen LogP contribution in [0.15, 0.2) is 47.5 Å². The zero-order valence-corrected chi connectivity index (χ0v) is 11.9. The minimum atomic E-state index is -0.832. The summed E-state index contributed by atoms with van der Waals surface area (Å²) in [5, 5.41) is 2.91. The van der Waals surface area contributed by atoms with Crippen molar-refractivity contribution in [2.24, 2.45) is 10.9 Å². The van der Waals surface area contributed by atoms with E-state index in [1.165, 1.54) is 0 Å². The van der Waals surface area contributed by atoms with Crippen LogP contribution in [-0.4, -0.2) is 17.5 Å². The predicted molar refractivity (Wildman–Crippen MR) is 78.4 cm³/mol. The van der Waals surface area contributed by atoms with Gasteiger partial charge >= 0.3 is 0 Å². The summed E-state index contributed by atoms with van der Waals surface area (Å²) >= 11 is 0. The fourth-order valence-electron chi connectivity index (χ4n) is 2.11. The lowest BCUT2D eigenvalue weighted by molar-refractivity contribution is -0.132. The smallest absolute Gasteiger partial charge is 0.262 e. The lowest BCUT2D eigenvalue weighted by Gasteiger charge is -2.28. The van der Waals surface area contributed by atoms with Gasteiger partial charge in [-0.15, -0.1) is 0 Å². The van der Waals surface area contributed by atoms with E-state index in [1.807, 2.05) is 44.2 Å². The van der Waals surface area contributed by atoms with E-state index in [1.54, 1.807) is 19.1 Å². The molecule has 1 aromatic rings. The molecule has 1 heterocycles. The molecule has 1 N–H and O–H groups in total. The number of benzene rings is 1. The van der Waals surface area contributed by atoms with E-state index in [0.29, 0.717) is 5.71 Å². The number of nitrogens with zero attached hydrogens (tertiary/aromatic N) is 1. The number of dihydropyridines is 1. The Morgan fingerprint density at radius 3 is 2.50 bits per heavy atom. The SMILES string of the molecule is CC1=NC(=O)C(C(=O)NC(C)(C)c2ccccc2)C=C1. The average molecular weight is 270 g/mol. The Hall–Kier alpha value is -2.23. The van der Waals surface area contributed by atoms with E-state index in [2.05, 4.69) is 10.3 Å². The van der Waals surface area contributed by atoms with Crippen LogP contribution in [0.25, 0.3) is 0 Å². The van der Waals surface area contributed by atoms with Gasteiger partial charge in [-0.2, -0.15) is 0 Å². The topological polar surface area (TPSA) is 58.5 Å². The Morgan fingerprint density at radius 2 is 1.90 bits per heavy atom. The molecular weight excluding hydrogens is 252 g/mol. The van der Waals surface area contributed by atoms with Gasteiger partial charge in [0.1, 0.15) is 5.92 Å². The summed E-state index contributed by atoms with van der Waals surface area (Å²) in [5.74, 6) is -1.57. The number of aliphatic imine (C=N–C) groups is 1. The molecule has 0 fully saturated rings. The Labute approximate surface area is 118 Å². The fourth-order valence-corrected chi connectivity index (χ4v) is 2.11. The van der Waals surface area contributed by atoms with Gasteiger partial charge in [0.05, 0.1) is 5.54 Å². The van der Waals surface area contributed by atoms with Gasteiger partial charge in [0.2, 0.25) is 5.91 Å². The molecule has 4 nitrogen and oxygen atoms in total. The number of rotatable bonds is 3. The number of carbonyl (C=O) groups is 2. The molecule has 1 atom stereocenters. The maximum atomic E-state index is 12.3. The fraction of sp³-hybridized carbons (Fsp3) is 0.312. The van der Waals surface area contributed by atoms with Gasteiger partial charge in [0.15, 0.2) is 0 Å². The molecule has 2 rings (SSSR count). The molecular formula is C16H18N2O2. The summed E-state index contributed by atoms with van der Waals surface area (Å²) < 4.78 is 0. The first-order chi connectivity index (χ1) is 9.40. The molecule has 0 saturated heterocycles. The summed E-state index contributed by atoms with van der Waals surface area (Å²) in [5.41, 5.74) is 1.07. The number of nitrogens with one attached hydrogen (secondary N) is 1. The zero-order valence-electron chi connectivity index (χ0n) is 11.9. The van der Waals surface area contributed by atoms with Crippen molar-refractivity contribution < 1.29 is 9.59 Å². The Kier molecular flexibility index (Phi) is 3.84. The lowest BCUT2D eigenvalue weighted by Crippen LogP contribution is -2.45. The van der Waals surface area contributed by atoms with Crippen LogP contribution in [0, 0.1) is 5.92 Å². The van der Waals surface area contributed by atoms with Crippen molar-refractivity contribution in [1.29, 1.82) is 0 Å². The van der Waals surface area contributed by atoms with Gasteiger partial charge in [-0.3, -0.25) is 9.59 Å². The van der Waals surface area contributed by atoms with Gasteiger partial charge in [0, 0.05) is 5.71 Å². The maximum absolute atomic E-state index is 12.3. The van der Waals surface area contributed by atoms with Crippen LogP contribution in [-0.2, 0) is 15.1 Å². The van der Waals surface area contributed by atoms with Gasteiger partial charge in [-0.1, -0.05) is 36.4 Å². The molecule has 1 aliphatic rings.